The molecule has 1 nitrogen and oxygen atoms in total. The van der Waals surface area contributed by atoms with E-state index in [1.807, 2.05) is 6.07 Å². The first-order valence-corrected chi connectivity index (χ1v) is 5.89. The van der Waals surface area contributed by atoms with Crippen molar-refractivity contribution in [3.63, 3.8) is 0 Å². The van der Waals surface area contributed by atoms with E-state index in [1.165, 1.54) is 6.07 Å². The normalized spacial score (nSPS) is 15.1. The molecular weight excluding hydrogens is 201 g/mol. The van der Waals surface area contributed by atoms with E-state index in [1.54, 1.807) is 12.1 Å². The average Bonchev–Trinajstić information content (AvgIpc) is 2.16. The minimum absolute atomic E-state index is 0.0420. The quantitative estimate of drug-likeness (QED) is 0.739. The maximum absolute atomic E-state index is 13.3. The van der Waals surface area contributed by atoms with Crippen molar-refractivity contribution in [1.29, 1.82) is 0 Å². The van der Waals surface area contributed by atoms with Gasteiger partial charge in [0.05, 0.1) is 0 Å². The van der Waals surface area contributed by atoms with Gasteiger partial charge in [0, 0.05) is 12.0 Å². The van der Waals surface area contributed by atoms with Gasteiger partial charge < -0.3 is 4.90 Å². The second-order valence-corrected chi connectivity index (χ2v) is 5.06. The van der Waals surface area contributed by atoms with Gasteiger partial charge in [-0.1, -0.05) is 32.4 Å². The minimum atomic E-state index is -0.140. The number of nitrogens with zero attached hydrogens (tertiary/aromatic N) is 1. The summed E-state index contributed by atoms with van der Waals surface area (Å²) in [6.45, 7) is 5.34. The van der Waals surface area contributed by atoms with Gasteiger partial charge in [-0.15, -0.1) is 0 Å². The summed E-state index contributed by atoms with van der Waals surface area (Å²) < 4.78 is 13.3. The Bertz CT molecular complexity index is 335. The van der Waals surface area contributed by atoms with E-state index in [0.29, 0.717) is 0 Å². The van der Waals surface area contributed by atoms with Crippen molar-refractivity contribution >= 4 is 0 Å². The Morgan fingerprint density at radius 2 is 2.00 bits per heavy atom. The molecule has 0 heterocycles. The maximum atomic E-state index is 13.3. The maximum Gasteiger partial charge on any atom is 0.123 e. The zero-order valence-electron chi connectivity index (χ0n) is 10.8. The summed E-state index contributed by atoms with van der Waals surface area (Å²) in [4.78, 5) is 2.17. The van der Waals surface area contributed by atoms with E-state index in [9.17, 15) is 4.39 Å². The number of hydrogen-bond acceptors (Lipinski definition) is 1. The molecule has 0 aliphatic carbocycles. The third-order valence-corrected chi connectivity index (χ3v) is 2.99. The van der Waals surface area contributed by atoms with Crippen LogP contribution in [0, 0.1) is 5.82 Å². The molecule has 1 atom stereocenters. The Kier molecular flexibility index (Phi) is 4.48. The molecule has 2 heteroatoms. The lowest BCUT2D eigenvalue weighted by molar-refractivity contribution is 0.281. The van der Waals surface area contributed by atoms with Gasteiger partial charge in [0.1, 0.15) is 5.82 Å². The van der Waals surface area contributed by atoms with Gasteiger partial charge in [0.25, 0.3) is 0 Å². The van der Waals surface area contributed by atoms with Crippen molar-refractivity contribution in [2.75, 3.05) is 20.6 Å². The predicted octanol–water partition coefficient (Wildman–Crippen LogP) is 3.45. The molecular formula is C14H22FN. The first-order valence-electron chi connectivity index (χ1n) is 5.89. The molecule has 1 aromatic carbocycles. The minimum Gasteiger partial charge on any atom is -0.309 e. The van der Waals surface area contributed by atoms with Crippen LogP contribution in [0.4, 0.5) is 4.39 Å². The predicted molar refractivity (Wildman–Crippen MR) is 67.2 cm³/mol. The number of halogens is 1. The van der Waals surface area contributed by atoms with Crippen LogP contribution in [-0.4, -0.2) is 25.5 Å². The van der Waals surface area contributed by atoms with Crippen molar-refractivity contribution in [2.24, 2.45) is 0 Å². The molecule has 0 saturated heterocycles. The number of likely N-dealkylation sites (N-methyl/N-ethyl adjacent to an activating group) is 1. The fourth-order valence-corrected chi connectivity index (χ4v) is 2.43. The molecule has 0 radical (unpaired) electrons. The Morgan fingerprint density at radius 3 is 2.50 bits per heavy atom. The second kappa shape index (κ2) is 5.44. The number of hydrogen-bond donors (Lipinski definition) is 0. The van der Waals surface area contributed by atoms with Gasteiger partial charge >= 0.3 is 0 Å². The van der Waals surface area contributed by atoms with Crippen molar-refractivity contribution in [2.45, 2.75) is 32.1 Å². The third kappa shape index (κ3) is 3.31. The molecule has 1 unspecified atom stereocenters. The molecule has 0 saturated carbocycles. The zero-order valence-corrected chi connectivity index (χ0v) is 10.8. The van der Waals surface area contributed by atoms with Crippen LogP contribution in [0.1, 0.15) is 32.3 Å². The van der Waals surface area contributed by atoms with E-state index in [-0.39, 0.29) is 11.2 Å². The standard InChI is InChI=1S/C14H22FN/c1-5-9-14(2,11-16(3)4)12-7-6-8-13(15)10-12/h6-8,10H,5,9,11H2,1-4H3. The van der Waals surface area contributed by atoms with Gasteiger partial charge in [0.2, 0.25) is 0 Å². The molecule has 0 aliphatic heterocycles. The number of benzene rings is 1. The molecule has 0 aromatic heterocycles. The Balaban J connectivity index is 3.00. The van der Waals surface area contributed by atoms with Crippen molar-refractivity contribution in [3.05, 3.63) is 35.6 Å². The van der Waals surface area contributed by atoms with Crippen molar-refractivity contribution in [1.82, 2.24) is 4.90 Å². The fraction of sp³-hybridized carbons (Fsp3) is 0.571. The first-order chi connectivity index (χ1) is 7.48. The summed E-state index contributed by atoms with van der Waals surface area (Å²) in [7, 11) is 4.13. The van der Waals surface area contributed by atoms with Crippen LogP contribution in [0.5, 0.6) is 0 Å². The summed E-state index contributed by atoms with van der Waals surface area (Å²) >= 11 is 0. The fourth-order valence-electron chi connectivity index (χ4n) is 2.43. The molecule has 0 bridgehead atoms. The van der Waals surface area contributed by atoms with Gasteiger partial charge in [-0.3, -0.25) is 0 Å². The largest absolute Gasteiger partial charge is 0.309 e. The summed E-state index contributed by atoms with van der Waals surface area (Å²) in [5.74, 6) is -0.140. The van der Waals surface area contributed by atoms with E-state index in [0.717, 1.165) is 24.9 Å². The lowest BCUT2D eigenvalue weighted by atomic mass is 9.78. The molecule has 0 fully saturated rings. The second-order valence-electron chi connectivity index (χ2n) is 5.06. The molecule has 0 aliphatic rings. The van der Waals surface area contributed by atoms with Gasteiger partial charge in [-0.2, -0.15) is 0 Å². The molecule has 16 heavy (non-hydrogen) atoms. The Labute approximate surface area is 98.3 Å². The molecule has 90 valence electrons. The van der Waals surface area contributed by atoms with Crippen LogP contribution in [0.3, 0.4) is 0 Å². The topological polar surface area (TPSA) is 3.24 Å². The van der Waals surface area contributed by atoms with Crippen LogP contribution in [0.25, 0.3) is 0 Å². The van der Waals surface area contributed by atoms with Crippen molar-refractivity contribution < 1.29 is 4.39 Å². The summed E-state index contributed by atoms with van der Waals surface area (Å²) in [5.41, 5.74) is 1.14. The summed E-state index contributed by atoms with van der Waals surface area (Å²) in [6, 6.07) is 7.00. The lowest BCUT2D eigenvalue weighted by Crippen LogP contribution is -2.35. The SMILES string of the molecule is CCCC(C)(CN(C)C)c1cccc(F)c1. The van der Waals surface area contributed by atoms with Crippen LogP contribution < -0.4 is 0 Å². The smallest absolute Gasteiger partial charge is 0.123 e. The van der Waals surface area contributed by atoms with E-state index >= 15 is 0 Å². The van der Waals surface area contributed by atoms with Crippen LogP contribution >= 0.6 is 0 Å². The number of rotatable bonds is 5. The Morgan fingerprint density at radius 1 is 1.31 bits per heavy atom. The molecule has 0 amide bonds. The lowest BCUT2D eigenvalue weighted by Gasteiger charge is -2.33. The Hall–Kier alpha value is -0.890. The van der Waals surface area contributed by atoms with Gasteiger partial charge in [-0.05, 0) is 38.2 Å². The van der Waals surface area contributed by atoms with Crippen LogP contribution in [-0.2, 0) is 5.41 Å². The monoisotopic (exact) mass is 223 g/mol. The van der Waals surface area contributed by atoms with E-state index in [4.69, 9.17) is 0 Å². The van der Waals surface area contributed by atoms with Crippen molar-refractivity contribution in [3.8, 4) is 0 Å². The first kappa shape index (κ1) is 13.2. The third-order valence-electron chi connectivity index (χ3n) is 2.99. The molecule has 0 spiro atoms. The molecule has 1 rings (SSSR count). The van der Waals surface area contributed by atoms with E-state index < -0.39 is 0 Å². The summed E-state index contributed by atoms with van der Waals surface area (Å²) in [6.07, 6.45) is 2.19. The molecule has 0 N–H and O–H groups in total. The highest BCUT2D eigenvalue weighted by molar-refractivity contribution is 5.25. The molecule has 1 aromatic rings. The highest BCUT2D eigenvalue weighted by Crippen LogP contribution is 2.30. The van der Waals surface area contributed by atoms with E-state index in [2.05, 4.69) is 32.8 Å². The van der Waals surface area contributed by atoms with Crippen LogP contribution in [0.15, 0.2) is 24.3 Å². The van der Waals surface area contributed by atoms with Gasteiger partial charge in [-0.25, -0.2) is 4.39 Å². The average molecular weight is 223 g/mol. The highest BCUT2D eigenvalue weighted by Gasteiger charge is 2.26. The highest BCUT2D eigenvalue weighted by atomic mass is 19.1. The zero-order chi connectivity index (χ0) is 12.2. The van der Waals surface area contributed by atoms with Gasteiger partial charge in [0.15, 0.2) is 0 Å². The van der Waals surface area contributed by atoms with Crippen LogP contribution in [0.2, 0.25) is 0 Å². The summed E-state index contributed by atoms with van der Waals surface area (Å²) in [5, 5.41) is 0.